The maximum atomic E-state index is 5.80. The van der Waals surface area contributed by atoms with Crippen LogP contribution in [-0.2, 0) is 0 Å². The van der Waals surface area contributed by atoms with Crippen LogP contribution in [0.4, 0.5) is 0 Å². The van der Waals surface area contributed by atoms with Gasteiger partial charge in [0.15, 0.2) is 0 Å². The molecule has 0 bridgehead atoms. The molecule has 0 radical (unpaired) electrons. The first-order chi connectivity index (χ1) is 9.42. The molecule has 0 saturated carbocycles. The van der Waals surface area contributed by atoms with E-state index in [4.69, 9.17) is 4.74 Å². The Morgan fingerprint density at radius 1 is 0.684 bits per heavy atom. The van der Waals surface area contributed by atoms with Gasteiger partial charge in [-0.15, -0.1) is 0 Å². The van der Waals surface area contributed by atoms with Gasteiger partial charge in [0.25, 0.3) is 0 Å². The van der Waals surface area contributed by atoms with Gasteiger partial charge in [-0.2, -0.15) is 0 Å². The Labute approximate surface area is 112 Å². The summed E-state index contributed by atoms with van der Waals surface area (Å²) in [7, 11) is 0. The number of aromatic nitrogens is 1. The van der Waals surface area contributed by atoms with E-state index >= 15 is 0 Å². The van der Waals surface area contributed by atoms with Crippen molar-refractivity contribution in [3.8, 4) is 22.8 Å². The number of hydrogen-bond donors (Lipinski definition) is 0. The lowest BCUT2D eigenvalue weighted by molar-refractivity contribution is 0.482. The third-order valence-electron chi connectivity index (χ3n) is 2.78. The third-order valence-corrected chi connectivity index (χ3v) is 2.78. The topological polar surface area (TPSA) is 22.1 Å². The summed E-state index contributed by atoms with van der Waals surface area (Å²) >= 11 is 0. The molecule has 0 aliphatic heterocycles. The van der Waals surface area contributed by atoms with Crippen LogP contribution in [0, 0.1) is 0 Å². The van der Waals surface area contributed by atoms with E-state index in [2.05, 4.69) is 4.98 Å². The average Bonchev–Trinajstić information content (AvgIpc) is 2.49. The lowest BCUT2D eigenvalue weighted by Gasteiger charge is -2.07. The van der Waals surface area contributed by atoms with Crippen LogP contribution in [0.1, 0.15) is 0 Å². The summed E-state index contributed by atoms with van der Waals surface area (Å²) in [5.74, 6) is 1.62. The third kappa shape index (κ3) is 2.80. The number of ether oxygens (including phenoxy) is 1. The maximum Gasteiger partial charge on any atom is 0.131 e. The van der Waals surface area contributed by atoms with E-state index in [9.17, 15) is 0 Å². The van der Waals surface area contributed by atoms with Crippen LogP contribution < -0.4 is 4.74 Å². The van der Waals surface area contributed by atoms with Gasteiger partial charge in [-0.25, -0.2) is 0 Å². The predicted octanol–water partition coefficient (Wildman–Crippen LogP) is 4.54. The molecule has 1 aromatic heterocycles. The molecule has 0 atom stereocenters. The van der Waals surface area contributed by atoms with Gasteiger partial charge in [-0.05, 0) is 18.2 Å². The second kappa shape index (κ2) is 5.36. The highest BCUT2D eigenvalue weighted by Gasteiger charge is 2.01. The maximum absolute atomic E-state index is 5.80. The van der Waals surface area contributed by atoms with Crippen molar-refractivity contribution >= 4 is 0 Å². The summed E-state index contributed by atoms with van der Waals surface area (Å²) in [6.07, 6.45) is 1.76. The van der Waals surface area contributed by atoms with Crippen molar-refractivity contribution in [3.63, 3.8) is 0 Å². The molecule has 19 heavy (non-hydrogen) atoms. The van der Waals surface area contributed by atoms with Crippen LogP contribution in [0.2, 0.25) is 0 Å². The summed E-state index contributed by atoms with van der Waals surface area (Å²) < 4.78 is 5.80. The molecule has 0 fully saturated rings. The molecule has 92 valence electrons. The van der Waals surface area contributed by atoms with E-state index in [1.165, 1.54) is 0 Å². The highest BCUT2D eigenvalue weighted by Crippen LogP contribution is 2.25. The molecule has 0 aliphatic carbocycles. The fraction of sp³-hybridized carbons (Fsp3) is 0. The number of rotatable bonds is 3. The molecule has 3 rings (SSSR count). The number of hydrogen-bond acceptors (Lipinski definition) is 2. The van der Waals surface area contributed by atoms with Crippen molar-refractivity contribution in [1.82, 2.24) is 4.98 Å². The minimum absolute atomic E-state index is 0.792. The van der Waals surface area contributed by atoms with E-state index in [1.54, 1.807) is 6.20 Å². The summed E-state index contributed by atoms with van der Waals surface area (Å²) in [6.45, 7) is 0. The van der Waals surface area contributed by atoms with E-state index in [0.717, 1.165) is 22.8 Å². The van der Waals surface area contributed by atoms with Gasteiger partial charge < -0.3 is 4.74 Å². The Morgan fingerprint density at radius 3 is 2.11 bits per heavy atom. The van der Waals surface area contributed by atoms with Gasteiger partial charge in [0.1, 0.15) is 11.5 Å². The molecule has 2 aromatic carbocycles. The van der Waals surface area contributed by atoms with E-state index in [-0.39, 0.29) is 0 Å². The standard InChI is InChI=1S/C17H13NO/c1-3-7-14(8-4-1)17-13-16(11-12-18-17)19-15-9-5-2-6-10-15/h1-13H. The first-order valence-electron chi connectivity index (χ1n) is 6.16. The Kier molecular flexibility index (Phi) is 3.24. The van der Waals surface area contributed by atoms with Crippen molar-refractivity contribution in [2.24, 2.45) is 0 Å². The molecular weight excluding hydrogens is 234 g/mol. The largest absolute Gasteiger partial charge is 0.457 e. The normalized spacial score (nSPS) is 10.1. The fourth-order valence-corrected chi connectivity index (χ4v) is 1.87. The Morgan fingerprint density at radius 2 is 1.37 bits per heavy atom. The van der Waals surface area contributed by atoms with Gasteiger partial charge in [0, 0.05) is 17.8 Å². The lowest BCUT2D eigenvalue weighted by atomic mass is 10.1. The second-order valence-corrected chi connectivity index (χ2v) is 4.16. The van der Waals surface area contributed by atoms with E-state index in [0.29, 0.717) is 0 Å². The highest BCUT2D eigenvalue weighted by atomic mass is 16.5. The van der Waals surface area contributed by atoms with Gasteiger partial charge in [0.05, 0.1) is 5.69 Å². The molecule has 0 unspecified atom stereocenters. The van der Waals surface area contributed by atoms with Crippen molar-refractivity contribution < 1.29 is 4.74 Å². The van der Waals surface area contributed by atoms with Gasteiger partial charge in [-0.3, -0.25) is 4.98 Å². The molecule has 0 amide bonds. The SMILES string of the molecule is c1ccc(Oc2ccnc(-c3ccccc3)c2)cc1. The first-order valence-corrected chi connectivity index (χ1v) is 6.16. The molecule has 2 heteroatoms. The Bertz CT molecular complexity index is 650. The van der Waals surface area contributed by atoms with Gasteiger partial charge >= 0.3 is 0 Å². The number of para-hydroxylation sites is 1. The molecule has 0 saturated heterocycles. The van der Waals surface area contributed by atoms with Crippen molar-refractivity contribution in [1.29, 1.82) is 0 Å². The Hall–Kier alpha value is -2.61. The molecule has 2 nitrogen and oxygen atoms in total. The van der Waals surface area contributed by atoms with Crippen molar-refractivity contribution in [2.75, 3.05) is 0 Å². The fourth-order valence-electron chi connectivity index (χ4n) is 1.87. The first kappa shape index (κ1) is 11.5. The van der Waals surface area contributed by atoms with Crippen molar-refractivity contribution in [3.05, 3.63) is 79.0 Å². The summed E-state index contributed by atoms with van der Waals surface area (Å²) in [5, 5.41) is 0. The van der Waals surface area contributed by atoms with Gasteiger partial charge in [-0.1, -0.05) is 48.5 Å². The van der Waals surface area contributed by atoms with Crippen molar-refractivity contribution in [2.45, 2.75) is 0 Å². The molecule has 3 aromatic rings. The van der Waals surface area contributed by atoms with E-state index in [1.807, 2.05) is 72.8 Å². The minimum atomic E-state index is 0.792. The molecule has 0 spiro atoms. The molecule has 0 aliphatic rings. The monoisotopic (exact) mass is 247 g/mol. The minimum Gasteiger partial charge on any atom is -0.457 e. The quantitative estimate of drug-likeness (QED) is 0.677. The Balaban J connectivity index is 1.89. The second-order valence-electron chi connectivity index (χ2n) is 4.16. The number of benzene rings is 2. The summed E-state index contributed by atoms with van der Waals surface area (Å²) in [5.41, 5.74) is 2.00. The van der Waals surface area contributed by atoms with Crippen LogP contribution in [-0.4, -0.2) is 4.98 Å². The average molecular weight is 247 g/mol. The predicted molar refractivity (Wildman–Crippen MR) is 76.2 cm³/mol. The van der Waals surface area contributed by atoms with Crippen LogP contribution in [0.3, 0.4) is 0 Å². The van der Waals surface area contributed by atoms with Gasteiger partial charge in [0.2, 0.25) is 0 Å². The summed E-state index contributed by atoms with van der Waals surface area (Å²) in [4.78, 5) is 4.37. The number of nitrogens with zero attached hydrogens (tertiary/aromatic N) is 1. The number of pyridine rings is 1. The van der Waals surface area contributed by atoms with Crippen LogP contribution in [0.15, 0.2) is 79.0 Å². The van der Waals surface area contributed by atoms with Crippen LogP contribution >= 0.6 is 0 Å². The summed E-state index contributed by atoms with van der Waals surface area (Å²) in [6, 6.07) is 23.6. The highest BCUT2D eigenvalue weighted by molar-refractivity contribution is 5.60. The molecular formula is C17H13NO. The zero-order chi connectivity index (χ0) is 12.9. The zero-order valence-corrected chi connectivity index (χ0v) is 10.4. The molecule has 1 heterocycles. The molecule has 0 N–H and O–H groups in total. The smallest absolute Gasteiger partial charge is 0.131 e. The van der Waals surface area contributed by atoms with E-state index < -0.39 is 0 Å². The van der Waals surface area contributed by atoms with Crippen LogP contribution in [0.25, 0.3) is 11.3 Å². The van der Waals surface area contributed by atoms with Crippen LogP contribution in [0.5, 0.6) is 11.5 Å². The lowest BCUT2D eigenvalue weighted by Crippen LogP contribution is -1.87. The zero-order valence-electron chi connectivity index (χ0n) is 10.4.